The first kappa shape index (κ1) is 20.9. The fourth-order valence-electron chi connectivity index (χ4n) is 3.59. The summed E-state index contributed by atoms with van der Waals surface area (Å²) in [6, 6.07) is 13.7. The smallest absolute Gasteiger partial charge is 0.249 e. The first-order valence-electron chi connectivity index (χ1n) is 9.61. The van der Waals surface area contributed by atoms with Crippen LogP contribution in [0.15, 0.2) is 48.5 Å². The Bertz CT molecular complexity index is 1130. The number of anilines is 2. The molecule has 8 nitrogen and oxygen atoms in total. The van der Waals surface area contributed by atoms with Gasteiger partial charge >= 0.3 is 0 Å². The Hall–Kier alpha value is -3.36. The number of ether oxygens (including phenoxy) is 2. The Morgan fingerprint density at radius 2 is 2.03 bits per heavy atom. The number of methoxy groups -OCH3 is 2. The Morgan fingerprint density at radius 3 is 2.71 bits per heavy atom. The van der Waals surface area contributed by atoms with Gasteiger partial charge < -0.3 is 20.1 Å². The highest BCUT2D eigenvalue weighted by Gasteiger charge is 2.35. The summed E-state index contributed by atoms with van der Waals surface area (Å²) in [5.41, 5.74) is 2.74. The number of carbonyl (C=O) groups excluding carboxylic acids is 2. The summed E-state index contributed by atoms with van der Waals surface area (Å²) < 4.78 is 12.0. The average Bonchev–Trinajstić information content (AvgIpc) is 3.11. The number of aromatic nitrogens is 2. The molecule has 2 aromatic carbocycles. The van der Waals surface area contributed by atoms with Gasteiger partial charge in [-0.1, -0.05) is 41.9 Å². The van der Waals surface area contributed by atoms with Crippen LogP contribution in [0.2, 0.25) is 5.02 Å². The van der Waals surface area contributed by atoms with E-state index in [0.29, 0.717) is 28.0 Å². The first-order chi connectivity index (χ1) is 15.0. The highest BCUT2D eigenvalue weighted by molar-refractivity contribution is 6.32. The van der Waals surface area contributed by atoms with Gasteiger partial charge in [0.1, 0.15) is 17.6 Å². The van der Waals surface area contributed by atoms with Gasteiger partial charge in [0.2, 0.25) is 11.8 Å². The van der Waals surface area contributed by atoms with Crippen LogP contribution in [-0.4, -0.2) is 35.8 Å². The minimum absolute atomic E-state index is 0.0367. The Balaban J connectivity index is 1.71. The second-order valence-electron chi connectivity index (χ2n) is 7.02. The van der Waals surface area contributed by atoms with Gasteiger partial charge in [-0.2, -0.15) is 5.10 Å². The van der Waals surface area contributed by atoms with Gasteiger partial charge in [-0.15, -0.1) is 0 Å². The molecule has 3 aromatic rings. The van der Waals surface area contributed by atoms with Crippen molar-refractivity contribution in [2.24, 2.45) is 0 Å². The SMILES string of the molecule is COCc1nn2c(c1-c1ccccc1)NC(=O)C[C@H]2C(=O)Nc1ccc(OC)c(Cl)c1. The fourth-order valence-corrected chi connectivity index (χ4v) is 3.85. The number of carbonyl (C=O) groups is 2. The van der Waals surface area contributed by atoms with E-state index in [0.717, 1.165) is 11.1 Å². The lowest BCUT2D eigenvalue weighted by Gasteiger charge is -2.24. The van der Waals surface area contributed by atoms with E-state index < -0.39 is 6.04 Å². The van der Waals surface area contributed by atoms with Crippen molar-refractivity contribution in [1.29, 1.82) is 0 Å². The molecule has 2 amide bonds. The molecule has 9 heteroatoms. The second kappa shape index (κ2) is 8.79. The number of fused-ring (bicyclic) bond motifs is 1. The molecule has 31 heavy (non-hydrogen) atoms. The van der Waals surface area contributed by atoms with Crippen molar-refractivity contribution in [1.82, 2.24) is 9.78 Å². The summed E-state index contributed by atoms with van der Waals surface area (Å²) in [4.78, 5) is 25.6. The van der Waals surface area contributed by atoms with Gasteiger partial charge in [-0.25, -0.2) is 4.68 Å². The molecule has 0 radical (unpaired) electrons. The molecule has 1 aliphatic rings. The number of hydrogen-bond donors (Lipinski definition) is 2. The number of hydrogen-bond acceptors (Lipinski definition) is 5. The van der Waals surface area contributed by atoms with E-state index in [1.54, 1.807) is 30.0 Å². The van der Waals surface area contributed by atoms with Crippen LogP contribution in [0.3, 0.4) is 0 Å². The lowest BCUT2D eigenvalue weighted by atomic mass is 10.0. The molecule has 0 fully saturated rings. The predicted molar refractivity (Wildman–Crippen MR) is 117 cm³/mol. The third-order valence-electron chi connectivity index (χ3n) is 4.98. The molecule has 0 unspecified atom stereocenters. The summed E-state index contributed by atoms with van der Waals surface area (Å²) in [7, 11) is 3.09. The van der Waals surface area contributed by atoms with Crippen molar-refractivity contribution in [3.63, 3.8) is 0 Å². The molecule has 2 heterocycles. The Kier molecular flexibility index (Phi) is 5.92. The van der Waals surface area contributed by atoms with Crippen molar-refractivity contribution in [3.05, 3.63) is 59.2 Å². The molecule has 4 rings (SSSR count). The van der Waals surface area contributed by atoms with Gasteiger partial charge in [0.15, 0.2) is 0 Å². The van der Waals surface area contributed by atoms with E-state index in [1.165, 1.54) is 7.11 Å². The zero-order valence-electron chi connectivity index (χ0n) is 17.0. The van der Waals surface area contributed by atoms with E-state index >= 15 is 0 Å². The maximum atomic E-state index is 13.1. The van der Waals surface area contributed by atoms with Gasteiger partial charge in [-0.05, 0) is 23.8 Å². The highest BCUT2D eigenvalue weighted by Crippen LogP contribution is 2.37. The molecule has 0 saturated heterocycles. The van der Waals surface area contributed by atoms with Gasteiger partial charge in [-0.3, -0.25) is 9.59 Å². The van der Waals surface area contributed by atoms with Crippen LogP contribution in [0, 0.1) is 0 Å². The summed E-state index contributed by atoms with van der Waals surface area (Å²) >= 11 is 6.16. The lowest BCUT2D eigenvalue weighted by molar-refractivity contribution is -0.125. The number of nitrogens with zero attached hydrogens (tertiary/aromatic N) is 2. The van der Waals surface area contributed by atoms with Crippen LogP contribution < -0.4 is 15.4 Å². The minimum atomic E-state index is -0.822. The van der Waals surface area contributed by atoms with Crippen LogP contribution in [-0.2, 0) is 20.9 Å². The molecule has 1 atom stereocenters. The average molecular weight is 441 g/mol. The fraction of sp³-hybridized carbons (Fsp3) is 0.227. The van der Waals surface area contributed by atoms with Crippen molar-refractivity contribution >= 4 is 34.9 Å². The lowest BCUT2D eigenvalue weighted by Crippen LogP contribution is -2.35. The molecule has 160 valence electrons. The third-order valence-corrected chi connectivity index (χ3v) is 5.28. The van der Waals surface area contributed by atoms with Crippen LogP contribution in [0.5, 0.6) is 5.75 Å². The quantitative estimate of drug-likeness (QED) is 0.606. The number of halogens is 1. The highest BCUT2D eigenvalue weighted by atomic mass is 35.5. The zero-order chi connectivity index (χ0) is 22.0. The summed E-state index contributed by atoms with van der Waals surface area (Å²) in [5.74, 6) is 0.343. The molecule has 0 aliphatic carbocycles. The van der Waals surface area contributed by atoms with Crippen LogP contribution in [0.4, 0.5) is 11.5 Å². The molecule has 0 saturated carbocycles. The molecular weight excluding hydrogens is 420 g/mol. The molecular formula is C22H21ClN4O4. The van der Waals surface area contributed by atoms with Crippen molar-refractivity contribution < 1.29 is 19.1 Å². The number of rotatable bonds is 6. The van der Waals surface area contributed by atoms with Crippen molar-refractivity contribution in [2.75, 3.05) is 24.9 Å². The van der Waals surface area contributed by atoms with Crippen molar-refractivity contribution in [2.45, 2.75) is 19.1 Å². The van der Waals surface area contributed by atoms with Gasteiger partial charge in [0, 0.05) is 18.4 Å². The standard InChI is InChI=1S/C22H21ClN4O4/c1-30-12-16-20(13-6-4-3-5-7-13)21-25-19(28)11-17(27(21)26-16)22(29)24-14-8-9-18(31-2)15(23)10-14/h3-10,17H,11-12H2,1-2H3,(H,24,29)(H,25,28)/t17-/m0/s1. The summed E-state index contributed by atoms with van der Waals surface area (Å²) in [6.07, 6.45) is -0.0367. The molecule has 0 bridgehead atoms. The molecule has 1 aromatic heterocycles. The number of nitrogens with one attached hydrogen (secondary N) is 2. The number of benzene rings is 2. The van der Waals surface area contributed by atoms with Gasteiger partial charge in [0.05, 0.1) is 30.9 Å². The number of amides is 2. The molecule has 0 spiro atoms. The topological polar surface area (TPSA) is 94.5 Å². The largest absolute Gasteiger partial charge is 0.495 e. The second-order valence-corrected chi connectivity index (χ2v) is 7.43. The Labute approximate surface area is 184 Å². The summed E-state index contributed by atoms with van der Waals surface area (Å²) in [5, 5.41) is 10.7. The predicted octanol–water partition coefficient (Wildman–Crippen LogP) is 3.88. The van der Waals surface area contributed by atoms with E-state index in [9.17, 15) is 9.59 Å². The zero-order valence-corrected chi connectivity index (χ0v) is 17.8. The van der Waals surface area contributed by atoms with E-state index in [2.05, 4.69) is 15.7 Å². The molecule has 1 aliphatic heterocycles. The maximum absolute atomic E-state index is 13.1. The van der Waals surface area contributed by atoms with Crippen LogP contribution in [0.1, 0.15) is 18.2 Å². The third kappa shape index (κ3) is 4.12. The van der Waals surface area contributed by atoms with E-state index in [1.807, 2.05) is 30.3 Å². The normalized spacial score (nSPS) is 15.2. The molecule has 2 N–H and O–H groups in total. The monoisotopic (exact) mass is 440 g/mol. The first-order valence-corrected chi connectivity index (χ1v) is 9.99. The van der Waals surface area contributed by atoms with Crippen LogP contribution >= 0.6 is 11.6 Å². The van der Waals surface area contributed by atoms with Gasteiger partial charge in [0.25, 0.3) is 0 Å². The minimum Gasteiger partial charge on any atom is -0.495 e. The summed E-state index contributed by atoms with van der Waals surface area (Å²) in [6.45, 7) is 0.239. The van der Waals surface area contributed by atoms with Crippen molar-refractivity contribution in [3.8, 4) is 16.9 Å². The van der Waals surface area contributed by atoms with E-state index in [4.69, 9.17) is 21.1 Å². The maximum Gasteiger partial charge on any atom is 0.249 e. The van der Waals surface area contributed by atoms with Crippen LogP contribution in [0.25, 0.3) is 11.1 Å². The Morgan fingerprint density at radius 1 is 1.26 bits per heavy atom. The van der Waals surface area contributed by atoms with E-state index in [-0.39, 0.29) is 24.8 Å².